The first-order valence-electron chi connectivity index (χ1n) is 7.07. The van der Waals surface area contributed by atoms with Gasteiger partial charge in [-0.2, -0.15) is 0 Å². The van der Waals surface area contributed by atoms with Crippen LogP contribution in [0.1, 0.15) is 27.0 Å². The molecule has 0 unspecified atom stereocenters. The third-order valence-corrected chi connectivity index (χ3v) is 3.55. The van der Waals surface area contributed by atoms with Gasteiger partial charge < -0.3 is 5.11 Å². The van der Waals surface area contributed by atoms with Crippen molar-refractivity contribution in [2.75, 3.05) is 0 Å². The van der Waals surface area contributed by atoms with Crippen molar-refractivity contribution in [2.24, 2.45) is 0 Å². The Bertz CT molecular complexity index is 707. The van der Waals surface area contributed by atoms with Gasteiger partial charge in [0.05, 0.1) is 11.5 Å². The first-order valence-corrected chi connectivity index (χ1v) is 7.07. The minimum Gasteiger partial charge on any atom is -0.478 e. The lowest BCUT2D eigenvalue weighted by atomic mass is 9.85. The van der Waals surface area contributed by atoms with Crippen LogP contribution in [-0.2, 0) is 0 Å². The monoisotopic (exact) mass is 287 g/mol. The minimum absolute atomic E-state index is 0.296. The van der Waals surface area contributed by atoms with E-state index in [4.69, 9.17) is 5.11 Å². The van der Waals surface area contributed by atoms with Gasteiger partial charge in [0.1, 0.15) is 0 Å². The van der Waals surface area contributed by atoms with E-state index in [9.17, 15) is 4.79 Å². The Kier molecular flexibility index (Phi) is 4.01. The number of carboxylic acid groups (broad SMARTS) is 1. The summed E-state index contributed by atoms with van der Waals surface area (Å²) in [4.78, 5) is 11.0. The summed E-state index contributed by atoms with van der Waals surface area (Å²) in [6, 6.07) is 27.2. The quantitative estimate of drug-likeness (QED) is 0.722. The molecular formula is C20H15O2. The summed E-state index contributed by atoms with van der Waals surface area (Å²) in [5, 5.41) is 9.04. The van der Waals surface area contributed by atoms with Gasteiger partial charge in [-0.25, -0.2) is 4.79 Å². The minimum atomic E-state index is -0.910. The van der Waals surface area contributed by atoms with Gasteiger partial charge in [0.2, 0.25) is 0 Å². The largest absolute Gasteiger partial charge is 0.478 e. The van der Waals surface area contributed by atoms with Gasteiger partial charge >= 0.3 is 5.97 Å². The van der Waals surface area contributed by atoms with Crippen LogP contribution in [0.5, 0.6) is 0 Å². The van der Waals surface area contributed by atoms with Gasteiger partial charge in [0.25, 0.3) is 0 Å². The van der Waals surface area contributed by atoms with E-state index in [2.05, 4.69) is 24.3 Å². The molecule has 0 bridgehead atoms. The van der Waals surface area contributed by atoms with Crippen molar-refractivity contribution in [3.05, 3.63) is 113 Å². The summed E-state index contributed by atoms with van der Waals surface area (Å²) in [6.07, 6.45) is 0. The molecule has 0 heterocycles. The zero-order valence-electron chi connectivity index (χ0n) is 11.9. The molecule has 0 atom stereocenters. The molecule has 0 saturated heterocycles. The fourth-order valence-electron chi connectivity index (χ4n) is 2.49. The van der Waals surface area contributed by atoms with Crippen LogP contribution < -0.4 is 0 Å². The standard InChI is InChI=1S/C20H15O2/c21-20(22)18-13-11-17(12-14-18)19(15-7-3-1-4-8-15)16-9-5-2-6-10-16/h1-14H,(H,21,22). The number of carboxylic acids is 1. The molecule has 1 radical (unpaired) electrons. The highest BCUT2D eigenvalue weighted by atomic mass is 16.4. The predicted octanol–water partition coefficient (Wildman–Crippen LogP) is 4.40. The molecule has 0 aliphatic rings. The van der Waals surface area contributed by atoms with E-state index >= 15 is 0 Å². The third-order valence-electron chi connectivity index (χ3n) is 3.55. The normalized spacial score (nSPS) is 10.6. The molecule has 3 aromatic rings. The molecule has 1 N–H and O–H groups in total. The zero-order valence-corrected chi connectivity index (χ0v) is 11.9. The van der Waals surface area contributed by atoms with Crippen molar-refractivity contribution in [1.29, 1.82) is 0 Å². The Morgan fingerprint density at radius 2 is 0.909 bits per heavy atom. The van der Waals surface area contributed by atoms with Crippen molar-refractivity contribution < 1.29 is 9.90 Å². The SMILES string of the molecule is O=C(O)c1ccc([C](c2ccccc2)c2ccccc2)cc1. The summed E-state index contributed by atoms with van der Waals surface area (Å²) in [6.45, 7) is 0. The second-order valence-corrected chi connectivity index (χ2v) is 4.99. The summed E-state index contributed by atoms with van der Waals surface area (Å²) < 4.78 is 0. The Hall–Kier alpha value is -2.87. The number of carbonyl (C=O) groups is 1. The van der Waals surface area contributed by atoms with Crippen LogP contribution in [-0.4, -0.2) is 11.1 Å². The van der Waals surface area contributed by atoms with E-state index in [1.165, 1.54) is 0 Å². The van der Waals surface area contributed by atoms with E-state index in [0.717, 1.165) is 22.6 Å². The van der Waals surface area contributed by atoms with Crippen LogP contribution in [0.4, 0.5) is 0 Å². The van der Waals surface area contributed by atoms with Crippen molar-refractivity contribution in [3.63, 3.8) is 0 Å². The zero-order chi connectivity index (χ0) is 15.4. The van der Waals surface area contributed by atoms with Gasteiger partial charge in [-0.05, 0) is 28.8 Å². The highest BCUT2D eigenvalue weighted by Gasteiger charge is 2.17. The summed E-state index contributed by atoms with van der Waals surface area (Å²) in [7, 11) is 0. The molecule has 3 aromatic carbocycles. The fourth-order valence-corrected chi connectivity index (χ4v) is 2.49. The summed E-state index contributed by atoms with van der Waals surface area (Å²) in [5.74, 6) is 0.186. The molecule has 0 aliphatic carbocycles. The Morgan fingerprint density at radius 3 is 1.32 bits per heavy atom. The maximum atomic E-state index is 11.0. The molecule has 0 aromatic heterocycles. The van der Waals surface area contributed by atoms with Crippen LogP contribution in [0.25, 0.3) is 0 Å². The van der Waals surface area contributed by atoms with Gasteiger partial charge in [-0.15, -0.1) is 0 Å². The summed E-state index contributed by atoms with van der Waals surface area (Å²) >= 11 is 0. The average molecular weight is 287 g/mol. The fraction of sp³-hybridized carbons (Fsp3) is 0. The Morgan fingerprint density at radius 1 is 0.545 bits per heavy atom. The topological polar surface area (TPSA) is 37.3 Å². The average Bonchev–Trinajstić information content (AvgIpc) is 2.57. The molecule has 0 amide bonds. The molecule has 2 nitrogen and oxygen atoms in total. The first kappa shape index (κ1) is 14.1. The van der Waals surface area contributed by atoms with E-state index in [-0.39, 0.29) is 0 Å². The lowest BCUT2D eigenvalue weighted by Crippen LogP contribution is -2.05. The highest BCUT2D eigenvalue weighted by Crippen LogP contribution is 2.30. The van der Waals surface area contributed by atoms with Gasteiger partial charge in [0.15, 0.2) is 0 Å². The predicted molar refractivity (Wildman–Crippen MR) is 86.8 cm³/mol. The van der Waals surface area contributed by atoms with Crippen molar-refractivity contribution in [3.8, 4) is 0 Å². The highest BCUT2D eigenvalue weighted by molar-refractivity contribution is 5.87. The third kappa shape index (κ3) is 2.91. The molecular weight excluding hydrogens is 272 g/mol. The number of rotatable bonds is 4. The van der Waals surface area contributed by atoms with Crippen LogP contribution in [0.2, 0.25) is 0 Å². The molecule has 107 valence electrons. The second-order valence-electron chi connectivity index (χ2n) is 4.99. The number of benzene rings is 3. The van der Waals surface area contributed by atoms with Crippen molar-refractivity contribution in [2.45, 2.75) is 0 Å². The van der Waals surface area contributed by atoms with Crippen LogP contribution in [0, 0.1) is 5.92 Å². The van der Waals surface area contributed by atoms with E-state index in [1.807, 2.05) is 48.5 Å². The van der Waals surface area contributed by atoms with Gasteiger partial charge in [-0.1, -0.05) is 72.8 Å². The second kappa shape index (κ2) is 6.27. The molecule has 0 saturated carbocycles. The molecule has 0 aliphatic heterocycles. The smallest absolute Gasteiger partial charge is 0.335 e. The molecule has 0 spiro atoms. The summed E-state index contributed by atoms with van der Waals surface area (Å²) in [5.41, 5.74) is 3.51. The van der Waals surface area contributed by atoms with E-state index in [0.29, 0.717) is 5.56 Å². The number of hydrogen-bond acceptors (Lipinski definition) is 1. The van der Waals surface area contributed by atoms with Crippen LogP contribution in [0.3, 0.4) is 0 Å². The van der Waals surface area contributed by atoms with Gasteiger partial charge in [-0.3, -0.25) is 0 Å². The lowest BCUT2D eigenvalue weighted by Gasteiger charge is -2.18. The first-order chi connectivity index (χ1) is 10.8. The Labute approximate surface area is 129 Å². The van der Waals surface area contributed by atoms with Gasteiger partial charge in [0, 0.05) is 0 Å². The molecule has 2 heteroatoms. The lowest BCUT2D eigenvalue weighted by molar-refractivity contribution is 0.0697. The van der Waals surface area contributed by atoms with E-state index in [1.54, 1.807) is 12.1 Å². The molecule has 22 heavy (non-hydrogen) atoms. The molecule has 3 rings (SSSR count). The van der Waals surface area contributed by atoms with Crippen LogP contribution >= 0.6 is 0 Å². The molecule has 0 fully saturated rings. The van der Waals surface area contributed by atoms with Crippen molar-refractivity contribution >= 4 is 5.97 Å². The van der Waals surface area contributed by atoms with E-state index < -0.39 is 5.97 Å². The maximum Gasteiger partial charge on any atom is 0.335 e. The number of aromatic carboxylic acids is 1. The maximum absolute atomic E-state index is 11.0. The number of hydrogen-bond donors (Lipinski definition) is 1. The van der Waals surface area contributed by atoms with Crippen LogP contribution in [0.15, 0.2) is 84.9 Å². The Balaban J connectivity index is 2.08. The van der Waals surface area contributed by atoms with Crippen molar-refractivity contribution in [1.82, 2.24) is 0 Å².